The van der Waals surface area contributed by atoms with E-state index in [0.29, 0.717) is 56.0 Å². The minimum absolute atomic E-state index is 0.0841. The van der Waals surface area contributed by atoms with Crippen molar-refractivity contribution in [3.63, 3.8) is 0 Å². The molecule has 5 rings (SSSR count). The zero-order valence-electron chi connectivity index (χ0n) is 19.3. The monoisotopic (exact) mass is 479 g/mol. The fourth-order valence-electron chi connectivity index (χ4n) is 4.72. The minimum Gasteiger partial charge on any atom is -0.389 e. The van der Waals surface area contributed by atoms with Crippen molar-refractivity contribution in [2.45, 2.75) is 19.3 Å². The molecule has 2 aliphatic rings. The Labute approximate surface area is 201 Å². The van der Waals surface area contributed by atoms with E-state index in [2.05, 4.69) is 30.5 Å². The van der Waals surface area contributed by atoms with Gasteiger partial charge in [0, 0.05) is 44.7 Å². The number of anilines is 3. The van der Waals surface area contributed by atoms with Crippen molar-refractivity contribution in [2.24, 2.45) is 13.0 Å². The highest BCUT2D eigenvalue weighted by Crippen LogP contribution is 2.29. The molecule has 0 saturated carbocycles. The molecular formula is C24H26FN7O3. The van der Waals surface area contributed by atoms with E-state index in [1.807, 2.05) is 6.07 Å². The van der Waals surface area contributed by atoms with Gasteiger partial charge in [-0.2, -0.15) is 0 Å². The molecule has 3 N–H and O–H groups in total. The van der Waals surface area contributed by atoms with Gasteiger partial charge in [-0.1, -0.05) is 0 Å². The Morgan fingerprint density at radius 1 is 1.26 bits per heavy atom. The molecule has 0 aromatic carbocycles. The molecule has 182 valence electrons. The summed E-state index contributed by atoms with van der Waals surface area (Å²) in [5.74, 6) is -0.246. The van der Waals surface area contributed by atoms with Gasteiger partial charge in [0.1, 0.15) is 18.1 Å². The first-order valence-corrected chi connectivity index (χ1v) is 11.6. The Balaban J connectivity index is 1.31. The van der Waals surface area contributed by atoms with E-state index in [1.165, 1.54) is 0 Å². The lowest BCUT2D eigenvalue weighted by Crippen LogP contribution is -2.37. The maximum atomic E-state index is 14.7. The van der Waals surface area contributed by atoms with E-state index < -0.39 is 12.4 Å². The average Bonchev–Trinajstić information content (AvgIpc) is 3.23. The van der Waals surface area contributed by atoms with E-state index in [-0.39, 0.29) is 29.3 Å². The second kappa shape index (κ2) is 9.41. The van der Waals surface area contributed by atoms with Crippen LogP contribution in [0.25, 0.3) is 11.4 Å². The number of carbonyl (C=O) groups is 2. The van der Waals surface area contributed by atoms with Gasteiger partial charge in [0.25, 0.3) is 5.91 Å². The molecule has 35 heavy (non-hydrogen) atoms. The summed E-state index contributed by atoms with van der Waals surface area (Å²) in [5.41, 5.74) is 2.91. The van der Waals surface area contributed by atoms with E-state index in [1.54, 1.807) is 29.9 Å². The molecule has 3 aromatic rings. The number of ketones is 1. The second-order valence-corrected chi connectivity index (χ2v) is 8.76. The van der Waals surface area contributed by atoms with Crippen LogP contribution in [-0.4, -0.2) is 62.6 Å². The van der Waals surface area contributed by atoms with Crippen molar-refractivity contribution in [3.8, 4) is 11.4 Å². The number of fused-ring (bicyclic) bond motifs is 1. The molecule has 3 aromatic heterocycles. The van der Waals surface area contributed by atoms with Gasteiger partial charge < -0.3 is 25.2 Å². The lowest BCUT2D eigenvalue weighted by Gasteiger charge is -2.32. The number of carbonyl (C=O) groups excluding carboxylic acids is 2. The third-order valence-corrected chi connectivity index (χ3v) is 6.70. The van der Waals surface area contributed by atoms with Gasteiger partial charge in [0.2, 0.25) is 5.95 Å². The van der Waals surface area contributed by atoms with Crippen molar-refractivity contribution >= 4 is 29.1 Å². The van der Waals surface area contributed by atoms with Crippen LogP contribution in [0.15, 0.2) is 30.6 Å². The van der Waals surface area contributed by atoms with E-state index >= 15 is 0 Å². The molecular weight excluding hydrogens is 453 g/mol. The Bertz CT molecular complexity index is 1270. The van der Waals surface area contributed by atoms with Crippen molar-refractivity contribution in [1.82, 2.24) is 24.8 Å². The van der Waals surface area contributed by atoms with Crippen LogP contribution in [0.5, 0.6) is 0 Å². The van der Waals surface area contributed by atoms with Crippen LogP contribution in [0.4, 0.5) is 21.8 Å². The largest absolute Gasteiger partial charge is 0.389 e. The number of aliphatic hydroxyl groups is 1. The molecule has 1 fully saturated rings. The summed E-state index contributed by atoms with van der Waals surface area (Å²) in [6, 6.07) is 5.36. The summed E-state index contributed by atoms with van der Waals surface area (Å²) >= 11 is 0. The molecule has 0 spiro atoms. The van der Waals surface area contributed by atoms with Gasteiger partial charge in [-0.25, -0.2) is 19.3 Å². The van der Waals surface area contributed by atoms with Crippen LogP contribution < -0.4 is 15.5 Å². The Kier molecular flexibility index (Phi) is 6.16. The molecule has 0 atom stereocenters. The fourth-order valence-corrected chi connectivity index (χ4v) is 4.72. The molecule has 0 radical (unpaired) electrons. The minimum atomic E-state index is -0.583. The zero-order valence-corrected chi connectivity index (χ0v) is 19.3. The van der Waals surface area contributed by atoms with Crippen LogP contribution in [0, 0.1) is 11.7 Å². The number of hydrogen-bond acceptors (Lipinski definition) is 8. The first-order valence-electron chi connectivity index (χ1n) is 11.6. The molecule has 0 aliphatic carbocycles. The van der Waals surface area contributed by atoms with E-state index in [0.717, 1.165) is 17.6 Å². The van der Waals surface area contributed by atoms with Crippen LogP contribution >= 0.6 is 0 Å². The van der Waals surface area contributed by atoms with Gasteiger partial charge in [-0.3, -0.25) is 9.59 Å². The Morgan fingerprint density at radius 2 is 2.06 bits per heavy atom. The topological polar surface area (TPSA) is 125 Å². The van der Waals surface area contributed by atoms with Crippen LogP contribution in [0.1, 0.15) is 28.9 Å². The molecule has 10 nitrogen and oxygen atoms in total. The highest BCUT2D eigenvalue weighted by atomic mass is 19.1. The summed E-state index contributed by atoms with van der Waals surface area (Å²) in [6.45, 7) is 1.58. The molecule has 0 unspecified atom stereocenters. The first-order chi connectivity index (χ1) is 16.9. The van der Waals surface area contributed by atoms with Crippen molar-refractivity contribution in [3.05, 3.63) is 47.7 Å². The van der Waals surface area contributed by atoms with Gasteiger partial charge in [-0.15, -0.1) is 0 Å². The number of rotatable bonds is 6. The molecule has 1 amide bonds. The van der Waals surface area contributed by atoms with Gasteiger partial charge >= 0.3 is 0 Å². The van der Waals surface area contributed by atoms with Crippen molar-refractivity contribution in [2.75, 3.05) is 36.5 Å². The van der Waals surface area contributed by atoms with Crippen LogP contribution in [-0.2, 0) is 18.3 Å². The fraction of sp³-hybridized carbons (Fsp3) is 0.375. The smallest absolute Gasteiger partial charge is 0.253 e. The van der Waals surface area contributed by atoms with E-state index in [9.17, 15) is 14.0 Å². The maximum absolute atomic E-state index is 14.7. The number of amides is 1. The van der Waals surface area contributed by atoms with Crippen LogP contribution in [0.2, 0.25) is 0 Å². The molecule has 2 aliphatic heterocycles. The van der Waals surface area contributed by atoms with E-state index in [4.69, 9.17) is 5.11 Å². The zero-order chi connectivity index (χ0) is 24.5. The lowest BCUT2D eigenvalue weighted by atomic mass is 9.92. The molecule has 1 saturated heterocycles. The summed E-state index contributed by atoms with van der Waals surface area (Å²) in [6.07, 6.45) is 4.90. The number of aromatic nitrogens is 4. The number of aliphatic hydroxyl groups excluding tert-OH is 1. The normalized spacial score (nSPS) is 16.1. The number of hydrogen-bond donors (Lipinski definition) is 3. The molecule has 11 heteroatoms. The summed E-state index contributed by atoms with van der Waals surface area (Å²) in [5, 5.41) is 14.9. The first kappa shape index (κ1) is 22.9. The summed E-state index contributed by atoms with van der Waals surface area (Å²) < 4.78 is 16.5. The number of halogens is 1. The number of piperidine rings is 1. The Morgan fingerprint density at radius 3 is 2.74 bits per heavy atom. The number of Topliss-reactive ketones (excluding diaryl/α,β-unsaturated/α-hetero) is 1. The van der Waals surface area contributed by atoms with Crippen LogP contribution in [0.3, 0.4) is 0 Å². The lowest BCUT2D eigenvalue weighted by molar-refractivity contribution is -0.126. The molecule has 5 heterocycles. The predicted octanol–water partition coefficient (Wildman–Crippen LogP) is 1.82. The maximum Gasteiger partial charge on any atom is 0.253 e. The number of pyridine rings is 1. The number of nitrogens with one attached hydrogen (secondary N) is 2. The summed E-state index contributed by atoms with van der Waals surface area (Å²) in [7, 11) is 1.80. The standard InChI is InChI=1S/C24H26FN7O3/c1-31-18-4-7-26-23(35)16(18)10-19(31)22-17(25)12-28-24(30-22)29-21-3-2-15(11-27-21)32-8-5-14(6-9-32)20(34)13-33/h2-3,10-12,14,33H,4-9,13H2,1H3,(H,26,35)(H,27,28,29,30). The third kappa shape index (κ3) is 4.46. The molecule has 0 bridgehead atoms. The van der Waals surface area contributed by atoms with Crippen molar-refractivity contribution in [1.29, 1.82) is 0 Å². The second-order valence-electron chi connectivity index (χ2n) is 8.76. The highest BCUT2D eigenvalue weighted by molar-refractivity contribution is 5.97. The summed E-state index contributed by atoms with van der Waals surface area (Å²) in [4.78, 5) is 38.9. The predicted molar refractivity (Wildman–Crippen MR) is 127 cm³/mol. The third-order valence-electron chi connectivity index (χ3n) is 6.70. The van der Waals surface area contributed by atoms with Crippen molar-refractivity contribution < 1.29 is 19.1 Å². The quantitative estimate of drug-likeness (QED) is 0.489. The number of nitrogens with zero attached hydrogens (tertiary/aromatic N) is 5. The van der Waals surface area contributed by atoms with Gasteiger partial charge in [-0.05, 0) is 31.0 Å². The Hall–Kier alpha value is -3.86. The SMILES string of the molecule is Cn1c(-c2nc(Nc3ccc(N4CCC(C(=O)CO)CC4)cn3)ncc2F)cc2c1CCNC2=O. The average molecular weight is 480 g/mol. The highest BCUT2D eigenvalue weighted by Gasteiger charge is 2.26. The van der Waals surface area contributed by atoms with Gasteiger partial charge in [0.15, 0.2) is 11.6 Å². The van der Waals surface area contributed by atoms with Gasteiger partial charge in [0.05, 0.1) is 29.3 Å².